The molecule has 2 nitrogen and oxygen atoms in total. The molecule has 0 aliphatic heterocycles. The molecule has 2 atom stereocenters. The lowest BCUT2D eigenvalue weighted by Crippen LogP contribution is -2.29. The third kappa shape index (κ3) is 3.41. The van der Waals surface area contributed by atoms with Gasteiger partial charge in [0.15, 0.2) is 0 Å². The van der Waals surface area contributed by atoms with E-state index in [0.717, 1.165) is 5.56 Å². The van der Waals surface area contributed by atoms with E-state index in [2.05, 4.69) is 0 Å². The summed E-state index contributed by atoms with van der Waals surface area (Å²) >= 11 is 12.3. The molecular formula is C15H15Cl2NO. The van der Waals surface area contributed by atoms with Gasteiger partial charge in [0.05, 0.1) is 5.02 Å². The van der Waals surface area contributed by atoms with Gasteiger partial charge in [-0.2, -0.15) is 0 Å². The normalized spacial score (nSPS) is 13.9. The lowest BCUT2D eigenvalue weighted by Gasteiger charge is -2.24. The molecule has 0 heterocycles. The quantitative estimate of drug-likeness (QED) is 0.904. The smallest absolute Gasteiger partial charge is 0.140 e. The Bertz CT molecular complexity index is 557. The van der Waals surface area contributed by atoms with Crippen molar-refractivity contribution in [1.82, 2.24) is 0 Å². The molecule has 0 saturated heterocycles. The van der Waals surface area contributed by atoms with E-state index in [1.54, 1.807) is 6.07 Å². The van der Waals surface area contributed by atoms with Crippen molar-refractivity contribution in [1.29, 1.82) is 0 Å². The van der Waals surface area contributed by atoms with Crippen molar-refractivity contribution in [2.24, 2.45) is 5.73 Å². The van der Waals surface area contributed by atoms with E-state index in [4.69, 9.17) is 33.7 Å². The van der Waals surface area contributed by atoms with Gasteiger partial charge < -0.3 is 10.5 Å². The van der Waals surface area contributed by atoms with Crippen molar-refractivity contribution in [2.45, 2.75) is 19.1 Å². The fraction of sp³-hybridized carbons (Fsp3) is 0.200. The van der Waals surface area contributed by atoms with Crippen molar-refractivity contribution < 1.29 is 4.74 Å². The van der Waals surface area contributed by atoms with Crippen LogP contribution in [0, 0.1) is 0 Å². The third-order valence-corrected chi connectivity index (χ3v) is 3.44. The number of rotatable bonds is 4. The van der Waals surface area contributed by atoms with Crippen LogP contribution in [0.2, 0.25) is 10.0 Å². The molecule has 0 amide bonds. The molecule has 0 radical (unpaired) electrons. The van der Waals surface area contributed by atoms with Gasteiger partial charge in [0.1, 0.15) is 11.9 Å². The molecule has 19 heavy (non-hydrogen) atoms. The van der Waals surface area contributed by atoms with Crippen molar-refractivity contribution >= 4 is 23.2 Å². The zero-order valence-electron chi connectivity index (χ0n) is 10.5. The van der Waals surface area contributed by atoms with Crippen LogP contribution < -0.4 is 10.5 Å². The van der Waals surface area contributed by atoms with Gasteiger partial charge in [-0.15, -0.1) is 0 Å². The molecule has 0 saturated carbocycles. The fourth-order valence-electron chi connectivity index (χ4n) is 1.84. The summed E-state index contributed by atoms with van der Waals surface area (Å²) in [6.07, 6.45) is -0.339. The molecule has 2 aromatic rings. The van der Waals surface area contributed by atoms with Crippen LogP contribution in [0.1, 0.15) is 18.6 Å². The van der Waals surface area contributed by atoms with Crippen molar-refractivity contribution in [3.05, 3.63) is 64.1 Å². The highest BCUT2D eigenvalue weighted by molar-refractivity contribution is 6.32. The molecule has 0 spiro atoms. The maximum Gasteiger partial charge on any atom is 0.140 e. The maximum absolute atomic E-state index is 6.20. The highest BCUT2D eigenvalue weighted by Crippen LogP contribution is 2.32. The van der Waals surface area contributed by atoms with Crippen LogP contribution in [0.3, 0.4) is 0 Å². The van der Waals surface area contributed by atoms with Crippen molar-refractivity contribution in [3.8, 4) is 5.75 Å². The lowest BCUT2D eigenvalue weighted by molar-refractivity contribution is 0.180. The highest BCUT2D eigenvalue weighted by Gasteiger charge is 2.21. The van der Waals surface area contributed by atoms with Gasteiger partial charge in [0.2, 0.25) is 0 Å². The summed E-state index contributed by atoms with van der Waals surface area (Å²) in [6, 6.07) is 14.6. The van der Waals surface area contributed by atoms with Gasteiger partial charge >= 0.3 is 0 Å². The first-order valence-electron chi connectivity index (χ1n) is 6.01. The zero-order chi connectivity index (χ0) is 13.8. The maximum atomic E-state index is 6.20. The lowest BCUT2D eigenvalue weighted by atomic mass is 10.0. The standard InChI is InChI=1S/C15H15Cl2NO/c1-10(18)15(11-6-2-3-7-12(11)16)19-14-9-5-4-8-13(14)17/h2-10,15H,18H2,1H3. The second-order valence-corrected chi connectivity index (χ2v) is 5.16. The largest absolute Gasteiger partial charge is 0.482 e. The second-order valence-electron chi connectivity index (χ2n) is 4.35. The molecule has 2 N–H and O–H groups in total. The minimum absolute atomic E-state index is 0.212. The number of hydrogen-bond acceptors (Lipinski definition) is 2. The van der Waals surface area contributed by atoms with Crippen LogP contribution in [0.4, 0.5) is 0 Å². The second kappa shape index (κ2) is 6.29. The predicted molar refractivity (Wildman–Crippen MR) is 79.9 cm³/mol. The molecule has 4 heteroatoms. The number of benzene rings is 2. The predicted octanol–water partition coefficient (Wildman–Crippen LogP) is 4.46. The summed E-state index contributed by atoms with van der Waals surface area (Å²) in [6.45, 7) is 1.88. The molecule has 0 bridgehead atoms. The van der Waals surface area contributed by atoms with Gasteiger partial charge in [0.25, 0.3) is 0 Å². The first-order valence-corrected chi connectivity index (χ1v) is 6.76. The average molecular weight is 296 g/mol. The Hall–Kier alpha value is -1.22. The van der Waals surface area contributed by atoms with Gasteiger partial charge in [0, 0.05) is 16.6 Å². The Labute approximate surface area is 123 Å². The van der Waals surface area contributed by atoms with E-state index in [0.29, 0.717) is 15.8 Å². The summed E-state index contributed by atoms with van der Waals surface area (Å²) in [7, 11) is 0. The summed E-state index contributed by atoms with van der Waals surface area (Å²) in [4.78, 5) is 0. The zero-order valence-corrected chi connectivity index (χ0v) is 12.0. The van der Waals surface area contributed by atoms with Crippen LogP contribution in [0.15, 0.2) is 48.5 Å². The molecule has 2 rings (SSSR count). The fourth-order valence-corrected chi connectivity index (χ4v) is 2.26. The Balaban J connectivity index is 2.33. The summed E-state index contributed by atoms with van der Waals surface area (Å²) < 4.78 is 5.93. The Morgan fingerprint density at radius 1 is 0.947 bits per heavy atom. The Morgan fingerprint density at radius 3 is 2.11 bits per heavy atom. The van der Waals surface area contributed by atoms with Crippen LogP contribution >= 0.6 is 23.2 Å². The molecule has 2 unspecified atom stereocenters. The molecular weight excluding hydrogens is 281 g/mol. The van der Waals surface area contributed by atoms with E-state index in [1.165, 1.54) is 0 Å². The first-order chi connectivity index (χ1) is 9.09. The van der Waals surface area contributed by atoms with E-state index >= 15 is 0 Å². The Morgan fingerprint density at radius 2 is 1.53 bits per heavy atom. The number of hydrogen-bond donors (Lipinski definition) is 1. The van der Waals surface area contributed by atoms with Gasteiger partial charge in [-0.1, -0.05) is 53.5 Å². The molecule has 0 fully saturated rings. The topological polar surface area (TPSA) is 35.2 Å². The van der Waals surface area contributed by atoms with Gasteiger partial charge in [-0.05, 0) is 25.1 Å². The van der Waals surface area contributed by atoms with Crippen molar-refractivity contribution in [2.75, 3.05) is 0 Å². The molecule has 2 aromatic carbocycles. The number of para-hydroxylation sites is 1. The SMILES string of the molecule is CC(N)C(Oc1ccccc1Cl)c1ccccc1Cl. The monoisotopic (exact) mass is 295 g/mol. The molecule has 0 aromatic heterocycles. The number of nitrogens with two attached hydrogens (primary N) is 1. The van der Waals surface area contributed by atoms with E-state index in [9.17, 15) is 0 Å². The minimum atomic E-state index is -0.339. The molecule has 100 valence electrons. The molecule has 0 aliphatic rings. The van der Waals surface area contributed by atoms with E-state index in [-0.39, 0.29) is 12.1 Å². The Kier molecular flexibility index (Phi) is 4.70. The van der Waals surface area contributed by atoms with Gasteiger partial charge in [-0.25, -0.2) is 0 Å². The van der Waals surface area contributed by atoms with E-state index < -0.39 is 0 Å². The van der Waals surface area contributed by atoms with Crippen LogP contribution in [0.25, 0.3) is 0 Å². The van der Waals surface area contributed by atoms with Crippen LogP contribution in [-0.2, 0) is 0 Å². The number of halogens is 2. The highest BCUT2D eigenvalue weighted by atomic mass is 35.5. The summed E-state index contributed by atoms with van der Waals surface area (Å²) in [5.41, 5.74) is 6.87. The van der Waals surface area contributed by atoms with Crippen LogP contribution in [0.5, 0.6) is 5.75 Å². The third-order valence-electron chi connectivity index (χ3n) is 2.78. The average Bonchev–Trinajstić information content (AvgIpc) is 2.38. The van der Waals surface area contributed by atoms with Crippen molar-refractivity contribution in [3.63, 3.8) is 0 Å². The van der Waals surface area contributed by atoms with E-state index in [1.807, 2.05) is 49.4 Å². The van der Waals surface area contributed by atoms with Crippen LogP contribution in [-0.4, -0.2) is 6.04 Å². The number of ether oxygens (including phenoxy) is 1. The summed E-state index contributed by atoms with van der Waals surface area (Å²) in [5, 5.41) is 1.19. The minimum Gasteiger partial charge on any atom is -0.482 e. The summed E-state index contributed by atoms with van der Waals surface area (Å²) in [5.74, 6) is 0.603. The molecule has 0 aliphatic carbocycles. The van der Waals surface area contributed by atoms with Gasteiger partial charge in [-0.3, -0.25) is 0 Å². The first kappa shape index (κ1) is 14.2.